The van der Waals surface area contributed by atoms with Crippen molar-refractivity contribution in [2.45, 2.75) is 63.8 Å². The Morgan fingerprint density at radius 1 is 1.19 bits per heavy atom. The summed E-state index contributed by atoms with van der Waals surface area (Å²) in [7, 11) is 0. The number of rotatable bonds is 6. The van der Waals surface area contributed by atoms with Crippen molar-refractivity contribution < 1.29 is 9.84 Å². The fourth-order valence-electron chi connectivity index (χ4n) is 4.35. The van der Waals surface area contributed by atoms with Crippen LogP contribution < -0.4 is 0 Å². The van der Waals surface area contributed by atoms with Crippen molar-refractivity contribution in [3.05, 3.63) is 47.5 Å². The van der Waals surface area contributed by atoms with E-state index in [0.29, 0.717) is 6.54 Å². The van der Waals surface area contributed by atoms with Gasteiger partial charge in [-0.3, -0.25) is 4.90 Å². The minimum absolute atomic E-state index is 0.0535. The molecule has 1 N–H and O–H groups in total. The molecule has 1 aliphatic heterocycles. The maximum absolute atomic E-state index is 9.54. The smallest absolute Gasteiger partial charge is 0.161 e. The molecule has 0 amide bonds. The van der Waals surface area contributed by atoms with Crippen LogP contribution in [0.2, 0.25) is 0 Å². The molecule has 0 bridgehead atoms. The van der Waals surface area contributed by atoms with Gasteiger partial charge in [-0.05, 0) is 39.2 Å². The third kappa shape index (κ3) is 3.53. The summed E-state index contributed by atoms with van der Waals surface area (Å²) in [4.78, 5) is 7.44. The number of ether oxygens (including phenoxy) is 1. The molecule has 6 nitrogen and oxygen atoms in total. The fourth-order valence-corrected chi connectivity index (χ4v) is 4.35. The SMILES string of the molecule is CC(c1nc(C2(c3ccccc3)CC2)nn1CCO)N1C[C@@H](C)O[C@@H](C)C1. The highest BCUT2D eigenvalue weighted by Gasteiger charge is 2.50. The highest BCUT2D eigenvalue weighted by Crippen LogP contribution is 2.52. The number of morpholine rings is 1. The first kappa shape index (κ1) is 18.6. The molecule has 27 heavy (non-hydrogen) atoms. The summed E-state index contributed by atoms with van der Waals surface area (Å²) in [5.41, 5.74) is 1.24. The number of hydrogen-bond donors (Lipinski definition) is 1. The van der Waals surface area contributed by atoms with Crippen LogP contribution in [0.1, 0.15) is 56.9 Å². The number of aliphatic hydroxyl groups is 1. The molecule has 1 aromatic carbocycles. The second kappa shape index (κ2) is 7.34. The summed E-state index contributed by atoms with van der Waals surface area (Å²) in [6, 6.07) is 10.7. The van der Waals surface area contributed by atoms with Gasteiger partial charge in [-0.25, -0.2) is 9.67 Å². The molecule has 4 rings (SSSR count). The molecule has 6 heteroatoms. The predicted molar refractivity (Wildman–Crippen MR) is 104 cm³/mol. The van der Waals surface area contributed by atoms with Crippen molar-refractivity contribution in [3.63, 3.8) is 0 Å². The first-order valence-corrected chi connectivity index (χ1v) is 10.0. The average molecular weight is 370 g/mol. The zero-order chi connectivity index (χ0) is 19.0. The quantitative estimate of drug-likeness (QED) is 0.847. The van der Waals surface area contributed by atoms with Crippen LogP contribution in [0.3, 0.4) is 0 Å². The molecule has 146 valence electrons. The Hall–Kier alpha value is -1.76. The fraction of sp³-hybridized carbons (Fsp3) is 0.619. The van der Waals surface area contributed by atoms with Gasteiger partial charge in [0.15, 0.2) is 5.82 Å². The molecule has 1 aromatic heterocycles. The van der Waals surface area contributed by atoms with Gasteiger partial charge in [0.05, 0.1) is 36.8 Å². The molecule has 1 saturated heterocycles. The van der Waals surface area contributed by atoms with Crippen LogP contribution in [0.5, 0.6) is 0 Å². The maximum Gasteiger partial charge on any atom is 0.161 e. The standard InChI is InChI=1S/C21H30N4O2/c1-15-13-24(14-16(2)27-15)17(3)19-22-20(23-25(19)11-12-26)21(9-10-21)18-7-5-4-6-8-18/h4-8,15-17,26H,9-14H2,1-3H3/t15-,16+,17?. The Balaban J connectivity index is 1.65. The number of hydrogen-bond acceptors (Lipinski definition) is 5. The normalized spacial score (nSPS) is 26.1. The first-order valence-electron chi connectivity index (χ1n) is 10.0. The van der Waals surface area contributed by atoms with Gasteiger partial charge in [0.25, 0.3) is 0 Å². The molecule has 0 spiro atoms. The van der Waals surface area contributed by atoms with E-state index in [1.165, 1.54) is 5.56 Å². The number of benzene rings is 1. The molecule has 2 aromatic rings. The van der Waals surface area contributed by atoms with Crippen molar-refractivity contribution in [2.24, 2.45) is 0 Å². The summed E-state index contributed by atoms with van der Waals surface area (Å²) >= 11 is 0. The Morgan fingerprint density at radius 2 is 1.85 bits per heavy atom. The Labute approximate surface area is 161 Å². The molecule has 1 unspecified atom stereocenters. The van der Waals surface area contributed by atoms with Gasteiger partial charge in [0.2, 0.25) is 0 Å². The van der Waals surface area contributed by atoms with Gasteiger partial charge >= 0.3 is 0 Å². The third-order valence-corrected chi connectivity index (χ3v) is 5.89. The van der Waals surface area contributed by atoms with Crippen LogP contribution in [-0.4, -0.2) is 56.7 Å². The molecular formula is C21H30N4O2. The zero-order valence-corrected chi connectivity index (χ0v) is 16.5. The van der Waals surface area contributed by atoms with Gasteiger partial charge in [-0.15, -0.1) is 0 Å². The zero-order valence-electron chi connectivity index (χ0n) is 16.5. The summed E-state index contributed by atoms with van der Waals surface area (Å²) in [5, 5.41) is 14.4. The maximum atomic E-state index is 9.54. The molecule has 2 aliphatic rings. The molecule has 2 fully saturated rings. The average Bonchev–Trinajstić information content (AvgIpc) is 3.36. The highest BCUT2D eigenvalue weighted by atomic mass is 16.5. The van der Waals surface area contributed by atoms with E-state index in [-0.39, 0.29) is 30.3 Å². The van der Waals surface area contributed by atoms with E-state index in [0.717, 1.165) is 37.6 Å². The van der Waals surface area contributed by atoms with E-state index < -0.39 is 0 Å². The number of aromatic nitrogens is 3. The van der Waals surface area contributed by atoms with Gasteiger partial charge in [0.1, 0.15) is 5.82 Å². The lowest BCUT2D eigenvalue weighted by Gasteiger charge is -2.38. The summed E-state index contributed by atoms with van der Waals surface area (Å²) < 4.78 is 7.79. The van der Waals surface area contributed by atoms with Crippen molar-refractivity contribution in [1.82, 2.24) is 19.7 Å². The topological polar surface area (TPSA) is 63.4 Å². The van der Waals surface area contributed by atoms with Crippen molar-refractivity contribution >= 4 is 0 Å². The highest BCUT2D eigenvalue weighted by molar-refractivity contribution is 5.39. The van der Waals surface area contributed by atoms with Crippen LogP contribution in [0, 0.1) is 0 Å². The van der Waals surface area contributed by atoms with Crippen LogP contribution in [0.4, 0.5) is 0 Å². The van der Waals surface area contributed by atoms with Crippen LogP contribution in [0.25, 0.3) is 0 Å². The largest absolute Gasteiger partial charge is 0.394 e. The minimum atomic E-state index is -0.0535. The second-order valence-electron chi connectivity index (χ2n) is 8.08. The molecule has 2 heterocycles. The first-order chi connectivity index (χ1) is 13.0. The van der Waals surface area contributed by atoms with Crippen LogP contribution >= 0.6 is 0 Å². The molecular weight excluding hydrogens is 340 g/mol. The van der Waals surface area contributed by atoms with Gasteiger partial charge < -0.3 is 9.84 Å². The van der Waals surface area contributed by atoms with E-state index in [1.54, 1.807) is 0 Å². The van der Waals surface area contributed by atoms with E-state index >= 15 is 0 Å². The van der Waals surface area contributed by atoms with Gasteiger partial charge in [-0.2, -0.15) is 5.10 Å². The van der Waals surface area contributed by atoms with E-state index in [9.17, 15) is 5.11 Å². The molecule has 1 saturated carbocycles. The Kier molecular flexibility index (Phi) is 5.05. The minimum Gasteiger partial charge on any atom is -0.394 e. The van der Waals surface area contributed by atoms with E-state index in [1.807, 2.05) is 10.7 Å². The van der Waals surface area contributed by atoms with Crippen molar-refractivity contribution in [1.29, 1.82) is 0 Å². The monoisotopic (exact) mass is 370 g/mol. The third-order valence-electron chi connectivity index (χ3n) is 5.89. The Bertz CT molecular complexity index is 762. The lowest BCUT2D eigenvalue weighted by Crippen LogP contribution is -2.46. The van der Waals surface area contributed by atoms with Gasteiger partial charge in [0, 0.05) is 13.1 Å². The van der Waals surface area contributed by atoms with E-state index in [2.05, 4.69) is 49.9 Å². The lowest BCUT2D eigenvalue weighted by atomic mass is 9.95. The lowest BCUT2D eigenvalue weighted by molar-refractivity contribution is -0.0802. The van der Waals surface area contributed by atoms with Crippen molar-refractivity contribution in [3.8, 4) is 0 Å². The summed E-state index contributed by atoms with van der Waals surface area (Å²) in [6.07, 6.45) is 2.59. The molecule has 1 aliphatic carbocycles. The van der Waals surface area contributed by atoms with Gasteiger partial charge in [-0.1, -0.05) is 30.3 Å². The van der Waals surface area contributed by atoms with E-state index in [4.69, 9.17) is 14.8 Å². The van der Waals surface area contributed by atoms with Crippen LogP contribution in [-0.2, 0) is 16.7 Å². The molecule has 0 radical (unpaired) electrons. The number of nitrogens with zero attached hydrogens (tertiary/aromatic N) is 4. The van der Waals surface area contributed by atoms with Crippen molar-refractivity contribution in [2.75, 3.05) is 19.7 Å². The summed E-state index contributed by atoms with van der Waals surface area (Å²) in [6.45, 7) is 8.74. The molecule has 3 atom stereocenters. The summed E-state index contributed by atoms with van der Waals surface area (Å²) in [5.74, 6) is 1.85. The Morgan fingerprint density at radius 3 is 2.44 bits per heavy atom. The predicted octanol–water partition coefficient (Wildman–Crippen LogP) is 2.52. The number of aliphatic hydroxyl groups excluding tert-OH is 1. The van der Waals surface area contributed by atoms with Crippen LogP contribution in [0.15, 0.2) is 30.3 Å². The second-order valence-corrected chi connectivity index (χ2v) is 8.08.